The molecule has 6 heteroatoms. The van der Waals surface area contributed by atoms with Crippen LogP contribution < -0.4 is 25.0 Å². The number of rotatable bonds is 5. The van der Waals surface area contributed by atoms with Crippen LogP contribution in [0.3, 0.4) is 0 Å². The molecule has 0 amide bonds. The Bertz CT molecular complexity index is 744. The zero-order chi connectivity index (χ0) is 17.1. The molecule has 2 aromatic rings. The number of methoxy groups -OCH3 is 3. The second-order valence-corrected chi connectivity index (χ2v) is 5.47. The van der Waals surface area contributed by atoms with Crippen LogP contribution >= 0.6 is 0 Å². The summed E-state index contributed by atoms with van der Waals surface area (Å²) in [6.45, 7) is 0. The maximum absolute atomic E-state index is 6.00. The van der Waals surface area contributed by atoms with E-state index in [-0.39, 0.29) is 6.04 Å². The van der Waals surface area contributed by atoms with Crippen molar-refractivity contribution < 1.29 is 14.2 Å². The van der Waals surface area contributed by atoms with E-state index in [0.29, 0.717) is 23.8 Å². The fraction of sp³-hybridized carbons (Fsp3) is 0.278. The van der Waals surface area contributed by atoms with E-state index in [2.05, 4.69) is 5.10 Å². The fourth-order valence-electron chi connectivity index (χ4n) is 2.83. The van der Waals surface area contributed by atoms with Crippen molar-refractivity contribution in [2.24, 2.45) is 10.8 Å². The van der Waals surface area contributed by atoms with Gasteiger partial charge >= 0.3 is 0 Å². The van der Waals surface area contributed by atoms with Crippen LogP contribution in [-0.2, 0) is 0 Å². The summed E-state index contributed by atoms with van der Waals surface area (Å²) >= 11 is 0. The molecule has 2 aromatic carbocycles. The summed E-state index contributed by atoms with van der Waals surface area (Å²) < 4.78 is 15.9. The van der Waals surface area contributed by atoms with Crippen LogP contribution in [-0.4, -0.2) is 27.2 Å². The third kappa shape index (κ3) is 2.95. The highest BCUT2D eigenvalue weighted by Gasteiger charge is 2.28. The molecule has 0 saturated heterocycles. The molecule has 0 bridgehead atoms. The summed E-state index contributed by atoms with van der Waals surface area (Å²) in [6, 6.07) is 13.6. The molecule has 1 aliphatic rings. The molecule has 0 spiro atoms. The van der Waals surface area contributed by atoms with Crippen molar-refractivity contribution in [1.29, 1.82) is 0 Å². The number of ether oxygens (including phenoxy) is 3. The lowest BCUT2D eigenvalue weighted by molar-refractivity contribution is 0.354. The normalized spacial score (nSPS) is 16.7. The lowest BCUT2D eigenvalue weighted by Gasteiger charge is -2.24. The molecular weight excluding hydrogens is 306 g/mol. The van der Waals surface area contributed by atoms with Gasteiger partial charge in [-0.05, 0) is 42.0 Å². The van der Waals surface area contributed by atoms with Gasteiger partial charge in [-0.25, -0.2) is 0 Å². The molecule has 0 radical (unpaired) electrons. The van der Waals surface area contributed by atoms with Crippen molar-refractivity contribution in [3.05, 3.63) is 48.0 Å². The summed E-state index contributed by atoms with van der Waals surface area (Å²) in [5.74, 6) is 2.79. The van der Waals surface area contributed by atoms with Gasteiger partial charge in [-0.3, -0.25) is 5.01 Å². The standard InChI is InChI=1S/C18H21N3O3/c1-22-14-7-5-13(6-8-14)21-15(11-18(19)20-21)12-4-9-16(23-2)17(10-12)24-3/h4-10,15H,11H2,1-3H3,(H2,19,20)/t15-/m1/s1. The largest absolute Gasteiger partial charge is 0.497 e. The zero-order valence-corrected chi connectivity index (χ0v) is 14.0. The third-order valence-corrected chi connectivity index (χ3v) is 4.06. The second-order valence-electron chi connectivity index (χ2n) is 5.47. The lowest BCUT2D eigenvalue weighted by Crippen LogP contribution is -2.18. The summed E-state index contributed by atoms with van der Waals surface area (Å²) in [4.78, 5) is 0. The van der Waals surface area contributed by atoms with Gasteiger partial charge in [0.25, 0.3) is 0 Å². The Morgan fingerprint density at radius 2 is 1.67 bits per heavy atom. The van der Waals surface area contributed by atoms with Crippen LogP contribution in [0.2, 0.25) is 0 Å². The molecule has 0 aliphatic carbocycles. The van der Waals surface area contributed by atoms with E-state index in [1.807, 2.05) is 47.5 Å². The topological polar surface area (TPSA) is 69.3 Å². The van der Waals surface area contributed by atoms with E-state index in [1.54, 1.807) is 21.3 Å². The average molecular weight is 327 g/mol. The number of nitrogens with zero attached hydrogens (tertiary/aromatic N) is 2. The first-order valence-corrected chi connectivity index (χ1v) is 7.64. The summed E-state index contributed by atoms with van der Waals surface area (Å²) in [5, 5.41) is 6.41. The number of hydrogen-bond donors (Lipinski definition) is 1. The molecule has 0 aromatic heterocycles. The van der Waals surface area contributed by atoms with E-state index >= 15 is 0 Å². The minimum atomic E-state index is 0.0122. The Balaban J connectivity index is 1.94. The van der Waals surface area contributed by atoms with Crippen molar-refractivity contribution >= 4 is 11.5 Å². The molecule has 1 atom stereocenters. The Hall–Kier alpha value is -2.89. The fourth-order valence-corrected chi connectivity index (χ4v) is 2.83. The van der Waals surface area contributed by atoms with Gasteiger partial charge in [0.05, 0.1) is 33.1 Å². The minimum Gasteiger partial charge on any atom is -0.497 e. The first-order valence-electron chi connectivity index (χ1n) is 7.64. The van der Waals surface area contributed by atoms with E-state index in [4.69, 9.17) is 19.9 Å². The predicted octanol–water partition coefficient (Wildman–Crippen LogP) is 2.94. The second kappa shape index (κ2) is 6.70. The number of nitrogens with two attached hydrogens (primary N) is 1. The zero-order valence-electron chi connectivity index (χ0n) is 14.0. The molecule has 6 nitrogen and oxygen atoms in total. The van der Waals surface area contributed by atoms with E-state index in [1.165, 1.54) is 0 Å². The molecule has 0 unspecified atom stereocenters. The van der Waals surface area contributed by atoms with Crippen LogP contribution in [0.5, 0.6) is 17.2 Å². The molecule has 3 rings (SSSR count). The Morgan fingerprint density at radius 3 is 2.29 bits per heavy atom. The third-order valence-electron chi connectivity index (χ3n) is 4.06. The molecule has 1 aliphatic heterocycles. The average Bonchev–Trinajstić information content (AvgIpc) is 3.03. The summed E-state index contributed by atoms with van der Waals surface area (Å²) in [5.41, 5.74) is 8.02. The van der Waals surface area contributed by atoms with E-state index in [9.17, 15) is 0 Å². The van der Waals surface area contributed by atoms with Crippen LogP contribution in [0.4, 0.5) is 5.69 Å². The summed E-state index contributed by atoms with van der Waals surface area (Å²) in [7, 11) is 4.90. The lowest BCUT2D eigenvalue weighted by atomic mass is 10.0. The molecule has 2 N–H and O–H groups in total. The predicted molar refractivity (Wildman–Crippen MR) is 94.0 cm³/mol. The van der Waals surface area contributed by atoms with Crippen molar-refractivity contribution in [2.75, 3.05) is 26.3 Å². The number of benzene rings is 2. The molecular formula is C18H21N3O3. The number of hydrogen-bond acceptors (Lipinski definition) is 6. The SMILES string of the molecule is COc1ccc(N2N=C(N)C[C@@H]2c2ccc(OC)c(OC)c2)cc1. The highest BCUT2D eigenvalue weighted by atomic mass is 16.5. The molecule has 0 fully saturated rings. The van der Waals surface area contributed by atoms with Crippen LogP contribution in [0.15, 0.2) is 47.6 Å². The van der Waals surface area contributed by atoms with Crippen molar-refractivity contribution in [3.63, 3.8) is 0 Å². The Labute approximate surface area is 141 Å². The molecule has 24 heavy (non-hydrogen) atoms. The monoisotopic (exact) mass is 327 g/mol. The van der Waals surface area contributed by atoms with Crippen LogP contribution in [0.25, 0.3) is 0 Å². The number of hydrazone groups is 1. The van der Waals surface area contributed by atoms with Gasteiger partial charge in [0.2, 0.25) is 0 Å². The minimum absolute atomic E-state index is 0.0122. The highest BCUT2D eigenvalue weighted by molar-refractivity contribution is 5.85. The quantitative estimate of drug-likeness (QED) is 0.914. The van der Waals surface area contributed by atoms with E-state index < -0.39 is 0 Å². The molecule has 126 valence electrons. The van der Waals surface area contributed by atoms with Gasteiger partial charge < -0.3 is 19.9 Å². The van der Waals surface area contributed by atoms with Gasteiger partial charge in [0.1, 0.15) is 11.6 Å². The van der Waals surface area contributed by atoms with Crippen molar-refractivity contribution in [2.45, 2.75) is 12.5 Å². The highest BCUT2D eigenvalue weighted by Crippen LogP contribution is 2.38. The van der Waals surface area contributed by atoms with Crippen LogP contribution in [0.1, 0.15) is 18.0 Å². The van der Waals surface area contributed by atoms with Gasteiger partial charge in [0, 0.05) is 6.42 Å². The van der Waals surface area contributed by atoms with Crippen molar-refractivity contribution in [3.8, 4) is 17.2 Å². The van der Waals surface area contributed by atoms with Crippen LogP contribution in [0, 0.1) is 0 Å². The number of amidine groups is 1. The molecule has 1 heterocycles. The van der Waals surface area contributed by atoms with E-state index in [0.717, 1.165) is 17.0 Å². The van der Waals surface area contributed by atoms with Gasteiger partial charge in [-0.2, -0.15) is 5.10 Å². The van der Waals surface area contributed by atoms with Crippen molar-refractivity contribution in [1.82, 2.24) is 0 Å². The molecule has 0 saturated carbocycles. The maximum Gasteiger partial charge on any atom is 0.161 e. The maximum atomic E-state index is 6.00. The number of anilines is 1. The Morgan fingerprint density at radius 1 is 0.958 bits per heavy atom. The van der Waals surface area contributed by atoms with Gasteiger partial charge in [-0.1, -0.05) is 6.07 Å². The smallest absolute Gasteiger partial charge is 0.161 e. The van der Waals surface area contributed by atoms with Gasteiger partial charge in [0.15, 0.2) is 11.5 Å². The first kappa shape index (κ1) is 16.0. The van der Waals surface area contributed by atoms with Gasteiger partial charge in [-0.15, -0.1) is 0 Å². The first-order chi connectivity index (χ1) is 11.7. The Kier molecular flexibility index (Phi) is 4.46. The summed E-state index contributed by atoms with van der Waals surface area (Å²) in [6.07, 6.45) is 0.654.